The Hall–Kier alpha value is -2.49. The number of Topliss-reactive ketones (excluding diaryl/α,β-unsaturated/α-hetero) is 1. The van der Waals surface area contributed by atoms with E-state index in [1.807, 2.05) is 0 Å². The lowest BCUT2D eigenvalue weighted by atomic mass is 9.95. The molecule has 4 heteroatoms. The van der Waals surface area contributed by atoms with Gasteiger partial charge in [0.25, 0.3) is 0 Å². The highest BCUT2D eigenvalue weighted by Crippen LogP contribution is 2.38. The van der Waals surface area contributed by atoms with Crippen LogP contribution in [0.2, 0.25) is 0 Å². The van der Waals surface area contributed by atoms with Gasteiger partial charge in [0.1, 0.15) is 23.4 Å². The Labute approximate surface area is 109 Å². The molecular formula is C15H12O4. The standard InChI is InChI=1S/C15H12O4/c16-9-5-6-14-11(7-9)13(18)8-15(19-14)10-3-1-2-4-12(10)17/h1-7,15-17H,8H2/t15-/m1/s1. The molecule has 0 fully saturated rings. The molecule has 96 valence electrons. The van der Waals surface area contributed by atoms with Crippen LogP contribution in [-0.4, -0.2) is 16.0 Å². The molecule has 0 saturated carbocycles. The molecular weight excluding hydrogens is 244 g/mol. The summed E-state index contributed by atoms with van der Waals surface area (Å²) in [6.45, 7) is 0. The molecule has 1 aliphatic heterocycles. The fraction of sp³-hybridized carbons (Fsp3) is 0.133. The van der Waals surface area contributed by atoms with Gasteiger partial charge in [0.15, 0.2) is 5.78 Å². The van der Waals surface area contributed by atoms with Crippen molar-refractivity contribution < 1.29 is 19.7 Å². The Morgan fingerprint density at radius 1 is 1.11 bits per heavy atom. The van der Waals surface area contributed by atoms with Crippen LogP contribution in [0.15, 0.2) is 42.5 Å². The number of phenolic OH excluding ortho intramolecular Hbond substituents is 2. The van der Waals surface area contributed by atoms with Gasteiger partial charge < -0.3 is 14.9 Å². The third kappa shape index (κ3) is 2.01. The van der Waals surface area contributed by atoms with Gasteiger partial charge in [0.2, 0.25) is 0 Å². The molecule has 4 nitrogen and oxygen atoms in total. The molecule has 0 amide bonds. The minimum atomic E-state index is -0.495. The summed E-state index contributed by atoms with van der Waals surface area (Å²) < 4.78 is 5.73. The number of benzene rings is 2. The predicted octanol–water partition coefficient (Wildman–Crippen LogP) is 2.80. The third-order valence-corrected chi connectivity index (χ3v) is 3.19. The summed E-state index contributed by atoms with van der Waals surface area (Å²) in [5.74, 6) is 0.479. The molecule has 0 spiro atoms. The topological polar surface area (TPSA) is 66.8 Å². The zero-order chi connectivity index (χ0) is 13.4. The first kappa shape index (κ1) is 11.6. The number of carbonyl (C=O) groups excluding carboxylic acids is 1. The quantitative estimate of drug-likeness (QED) is 0.823. The number of ether oxygens (including phenoxy) is 1. The van der Waals surface area contributed by atoms with Crippen molar-refractivity contribution in [3.63, 3.8) is 0 Å². The van der Waals surface area contributed by atoms with Crippen LogP contribution in [0.5, 0.6) is 17.2 Å². The number of hydrogen-bond acceptors (Lipinski definition) is 4. The summed E-state index contributed by atoms with van der Waals surface area (Å²) in [5, 5.41) is 19.2. The van der Waals surface area contributed by atoms with Gasteiger partial charge in [0, 0.05) is 5.56 Å². The first-order valence-corrected chi connectivity index (χ1v) is 5.96. The summed E-state index contributed by atoms with van der Waals surface area (Å²) in [5.41, 5.74) is 0.973. The van der Waals surface area contributed by atoms with Crippen molar-refractivity contribution in [2.24, 2.45) is 0 Å². The second-order valence-corrected chi connectivity index (χ2v) is 4.47. The van der Waals surface area contributed by atoms with Gasteiger partial charge in [-0.2, -0.15) is 0 Å². The van der Waals surface area contributed by atoms with Gasteiger partial charge in [-0.25, -0.2) is 0 Å². The first-order valence-electron chi connectivity index (χ1n) is 5.96. The average molecular weight is 256 g/mol. The van der Waals surface area contributed by atoms with E-state index in [0.29, 0.717) is 16.9 Å². The Balaban J connectivity index is 2.00. The lowest BCUT2D eigenvalue weighted by molar-refractivity contribution is 0.0846. The fourth-order valence-electron chi connectivity index (χ4n) is 2.25. The highest BCUT2D eigenvalue weighted by Gasteiger charge is 2.29. The van der Waals surface area contributed by atoms with Gasteiger partial charge in [-0.1, -0.05) is 18.2 Å². The van der Waals surface area contributed by atoms with E-state index in [0.717, 1.165) is 0 Å². The minimum absolute atomic E-state index is 0.0386. The number of hydrogen-bond donors (Lipinski definition) is 2. The zero-order valence-electron chi connectivity index (χ0n) is 10.0. The van der Waals surface area contributed by atoms with Crippen molar-refractivity contribution in [1.82, 2.24) is 0 Å². The summed E-state index contributed by atoms with van der Waals surface area (Å²) in [4.78, 5) is 12.1. The van der Waals surface area contributed by atoms with Crippen LogP contribution in [0.1, 0.15) is 28.4 Å². The van der Waals surface area contributed by atoms with Gasteiger partial charge in [0.05, 0.1) is 12.0 Å². The first-order chi connectivity index (χ1) is 9.15. The van der Waals surface area contributed by atoms with Gasteiger partial charge in [-0.05, 0) is 24.3 Å². The highest BCUT2D eigenvalue weighted by molar-refractivity contribution is 6.00. The van der Waals surface area contributed by atoms with Gasteiger partial charge in [-0.15, -0.1) is 0 Å². The maximum atomic E-state index is 12.1. The molecule has 0 unspecified atom stereocenters. The van der Waals surface area contributed by atoms with E-state index in [1.165, 1.54) is 12.1 Å². The van der Waals surface area contributed by atoms with Crippen molar-refractivity contribution in [2.45, 2.75) is 12.5 Å². The van der Waals surface area contributed by atoms with Crippen LogP contribution >= 0.6 is 0 Å². The smallest absolute Gasteiger partial charge is 0.170 e. The second-order valence-electron chi connectivity index (χ2n) is 4.47. The lowest BCUT2D eigenvalue weighted by Gasteiger charge is -2.26. The highest BCUT2D eigenvalue weighted by atomic mass is 16.5. The molecule has 2 aromatic rings. The number of aromatic hydroxyl groups is 2. The SMILES string of the molecule is O=C1C[C@H](c2ccccc2O)Oc2ccc(O)cc21. The van der Waals surface area contributed by atoms with Crippen LogP contribution < -0.4 is 4.74 Å². The van der Waals surface area contributed by atoms with E-state index in [1.54, 1.807) is 30.3 Å². The maximum Gasteiger partial charge on any atom is 0.170 e. The molecule has 0 aromatic heterocycles. The van der Waals surface area contributed by atoms with Crippen LogP contribution in [0.25, 0.3) is 0 Å². The Kier molecular flexibility index (Phi) is 2.63. The van der Waals surface area contributed by atoms with Crippen molar-refractivity contribution >= 4 is 5.78 Å². The molecule has 0 radical (unpaired) electrons. The van der Waals surface area contributed by atoms with Gasteiger partial charge >= 0.3 is 0 Å². The maximum absolute atomic E-state index is 12.1. The van der Waals surface area contributed by atoms with E-state index in [-0.39, 0.29) is 23.7 Å². The van der Waals surface area contributed by atoms with Crippen molar-refractivity contribution in [2.75, 3.05) is 0 Å². The van der Waals surface area contributed by atoms with Crippen LogP contribution in [0, 0.1) is 0 Å². The molecule has 0 aliphatic carbocycles. The number of rotatable bonds is 1. The van der Waals surface area contributed by atoms with E-state index in [4.69, 9.17) is 4.74 Å². The normalized spacial score (nSPS) is 17.7. The molecule has 1 aliphatic rings. The number of ketones is 1. The van der Waals surface area contributed by atoms with E-state index >= 15 is 0 Å². The van der Waals surface area contributed by atoms with Crippen molar-refractivity contribution in [3.8, 4) is 17.2 Å². The van der Waals surface area contributed by atoms with E-state index in [2.05, 4.69) is 0 Å². The predicted molar refractivity (Wildman–Crippen MR) is 68.5 cm³/mol. The number of para-hydroxylation sites is 1. The molecule has 0 saturated heterocycles. The lowest BCUT2D eigenvalue weighted by Crippen LogP contribution is -2.20. The molecule has 19 heavy (non-hydrogen) atoms. The van der Waals surface area contributed by atoms with Crippen molar-refractivity contribution in [3.05, 3.63) is 53.6 Å². The largest absolute Gasteiger partial charge is 0.508 e. The molecule has 3 rings (SSSR count). The molecule has 0 bridgehead atoms. The average Bonchev–Trinajstić information content (AvgIpc) is 2.40. The van der Waals surface area contributed by atoms with Gasteiger partial charge in [-0.3, -0.25) is 4.79 Å². The minimum Gasteiger partial charge on any atom is -0.508 e. The van der Waals surface area contributed by atoms with Crippen LogP contribution in [-0.2, 0) is 0 Å². The Morgan fingerprint density at radius 3 is 2.68 bits per heavy atom. The molecule has 1 atom stereocenters. The third-order valence-electron chi connectivity index (χ3n) is 3.19. The zero-order valence-corrected chi connectivity index (χ0v) is 10.0. The van der Waals surface area contributed by atoms with Crippen LogP contribution in [0.3, 0.4) is 0 Å². The molecule has 2 N–H and O–H groups in total. The molecule has 1 heterocycles. The fourth-order valence-corrected chi connectivity index (χ4v) is 2.25. The summed E-state index contributed by atoms with van der Waals surface area (Å²) >= 11 is 0. The number of carbonyl (C=O) groups is 1. The van der Waals surface area contributed by atoms with E-state index in [9.17, 15) is 15.0 Å². The summed E-state index contributed by atoms with van der Waals surface area (Å²) in [6, 6.07) is 11.2. The summed E-state index contributed by atoms with van der Waals surface area (Å²) in [6.07, 6.45) is -0.348. The van der Waals surface area contributed by atoms with Crippen molar-refractivity contribution in [1.29, 1.82) is 0 Å². The van der Waals surface area contributed by atoms with Crippen LogP contribution in [0.4, 0.5) is 0 Å². The number of fused-ring (bicyclic) bond motifs is 1. The Bertz CT molecular complexity index is 648. The monoisotopic (exact) mass is 256 g/mol. The summed E-state index contributed by atoms with van der Waals surface area (Å²) in [7, 11) is 0. The Morgan fingerprint density at radius 2 is 1.89 bits per heavy atom. The molecule has 2 aromatic carbocycles. The second kappa shape index (κ2) is 4.31. The van der Waals surface area contributed by atoms with E-state index < -0.39 is 6.10 Å². The number of phenols is 2.